The summed E-state index contributed by atoms with van der Waals surface area (Å²) >= 11 is 0. The lowest BCUT2D eigenvalue weighted by atomic mass is 10.0. The Morgan fingerprint density at radius 2 is 2.00 bits per heavy atom. The molecule has 25 heavy (non-hydrogen) atoms. The number of carbonyl (C=O) groups is 1. The van der Waals surface area contributed by atoms with Gasteiger partial charge in [0, 0.05) is 25.4 Å². The van der Waals surface area contributed by atoms with Gasteiger partial charge in [-0.05, 0) is 70.8 Å². The van der Waals surface area contributed by atoms with Crippen molar-refractivity contribution in [2.75, 3.05) is 32.1 Å². The molecule has 0 spiro atoms. The maximum absolute atomic E-state index is 12.1. The van der Waals surface area contributed by atoms with Gasteiger partial charge in [0.25, 0.3) is 5.91 Å². The molecule has 1 aliphatic heterocycles. The number of carbonyl (C=O) groups excluding carboxylic acids is 1. The molecule has 2 rings (SSSR count). The number of ether oxygens (including phenoxy) is 2. The number of nitrogens with zero attached hydrogens (tertiary/aromatic N) is 1. The summed E-state index contributed by atoms with van der Waals surface area (Å²) in [5.41, 5.74) is -0.106. The Morgan fingerprint density at radius 3 is 2.64 bits per heavy atom. The van der Waals surface area contributed by atoms with Gasteiger partial charge in [-0.15, -0.1) is 0 Å². The molecule has 1 aromatic rings. The number of hydrogen-bond acceptors (Lipinski definition) is 4. The van der Waals surface area contributed by atoms with E-state index >= 15 is 0 Å². The molecule has 0 radical (unpaired) electrons. The van der Waals surface area contributed by atoms with Crippen LogP contribution in [0.2, 0.25) is 0 Å². The smallest absolute Gasteiger partial charge is 0.256 e. The second-order valence-electron chi connectivity index (χ2n) is 7.28. The number of piperidine rings is 1. The molecule has 0 saturated carbocycles. The molecular formula is C20H32N2O3. The molecule has 140 valence electrons. The average molecular weight is 348 g/mol. The summed E-state index contributed by atoms with van der Waals surface area (Å²) in [4.78, 5) is 14.6. The van der Waals surface area contributed by atoms with E-state index in [0.29, 0.717) is 12.6 Å². The van der Waals surface area contributed by atoms with Crippen LogP contribution in [0.1, 0.15) is 46.5 Å². The molecule has 1 fully saturated rings. The molecule has 1 aromatic carbocycles. The standard InChI is InChI=1S/C20H32N2O3/c1-16-8-5-6-13-22(16)14-7-15-25-18-11-9-17(10-12-18)21-19(23)20(2,3)24-4/h9-12,16H,5-8,13-15H2,1-4H3,(H,21,23). The van der Waals surface area contributed by atoms with Gasteiger partial charge in [0.1, 0.15) is 11.4 Å². The molecule has 1 saturated heterocycles. The number of hydrogen-bond donors (Lipinski definition) is 1. The number of likely N-dealkylation sites (tertiary alicyclic amines) is 1. The first-order chi connectivity index (χ1) is 11.9. The zero-order valence-corrected chi connectivity index (χ0v) is 16.0. The van der Waals surface area contributed by atoms with Crippen LogP contribution in [0.3, 0.4) is 0 Å². The second kappa shape index (κ2) is 9.20. The summed E-state index contributed by atoms with van der Waals surface area (Å²) in [6, 6.07) is 8.18. The number of amides is 1. The van der Waals surface area contributed by atoms with Gasteiger partial charge in [-0.25, -0.2) is 0 Å². The van der Waals surface area contributed by atoms with E-state index < -0.39 is 5.60 Å². The van der Waals surface area contributed by atoms with Crippen LogP contribution in [0.25, 0.3) is 0 Å². The summed E-state index contributed by atoms with van der Waals surface area (Å²) in [5.74, 6) is 0.662. The highest BCUT2D eigenvalue weighted by Crippen LogP contribution is 2.19. The molecule has 1 atom stereocenters. The molecule has 1 aliphatic rings. The normalized spacial score (nSPS) is 18.8. The lowest BCUT2D eigenvalue weighted by Crippen LogP contribution is -2.38. The first kappa shape index (κ1) is 19.7. The molecule has 5 heteroatoms. The number of nitrogens with one attached hydrogen (secondary N) is 1. The minimum Gasteiger partial charge on any atom is -0.494 e. The molecule has 0 bridgehead atoms. The van der Waals surface area contributed by atoms with Crippen molar-refractivity contribution in [2.24, 2.45) is 0 Å². The Hall–Kier alpha value is -1.59. The maximum Gasteiger partial charge on any atom is 0.256 e. The van der Waals surface area contributed by atoms with Crippen molar-refractivity contribution in [2.45, 2.75) is 58.1 Å². The van der Waals surface area contributed by atoms with E-state index in [1.54, 1.807) is 13.8 Å². The van der Waals surface area contributed by atoms with Crippen LogP contribution in [0.4, 0.5) is 5.69 Å². The van der Waals surface area contributed by atoms with Gasteiger partial charge in [-0.2, -0.15) is 0 Å². The number of anilines is 1. The van der Waals surface area contributed by atoms with Crippen molar-refractivity contribution in [1.82, 2.24) is 4.90 Å². The van der Waals surface area contributed by atoms with Gasteiger partial charge in [0.15, 0.2) is 0 Å². The first-order valence-electron chi connectivity index (χ1n) is 9.26. The van der Waals surface area contributed by atoms with E-state index in [2.05, 4.69) is 17.1 Å². The Morgan fingerprint density at radius 1 is 1.28 bits per heavy atom. The number of methoxy groups -OCH3 is 1. The van der Waals surface area contributed by atoms with E-state index in [1.807, 2.05) is 24.3 Å². The summed E-state index contributed by atoms with van der Waals surface area (Å²) < 4.78 is 11.0. The van der Waals surface area contributed by atoms with Crippen LogP contribution >= 0.6 is 0 Å². The Balaban J connectivity index is 1.72. The fourth-order valence-corrected chi connectivity index (χ4v) is 2.96. The molecule has 5 nitrogen and oxygen atoms in total. The highest BCUT2D eigenvalue weighted by atomic mass is 16.5. The zero-order valence-electron chi connectivity index (χ0n) is 16.0. The highest BCUT2D eigenvalue weighted by Gasteiger charge is 2.26. The number of rotatable bonds is 8. The quantitative estimate of drug-likeness (QED) is 0.728. The van der Waals surface area contributed by atoms with Crippen molar-refractivity contribution in [3.63, 3.8) is 0 Å². The molecule has 1 unspecified atom stereocenters. The van der Waals surface area contributed by atoms with Crippen molar-refractivity contribution >= 4 is 11.6 Å². The van der Waals surface area contributed by atoms with Gasteiger partial charge in [-0.1, -0.05) is 6.42 Å². The Labute approximate surface area is 151 Å². The van der Waals surface area contributed by atoms with E-state index in [4.69, 9.17) is 9.47 Å². The fraction of sp³-hybridized carbons (Fsp3) is 0.650. The molecule has 0 aromatic heterocycles. The van der Waals surface area contributed by atoms with Gasteiger partial charge < -0.3 is 19.7 Å². The zero-order chi connectivity index (χ0) is 18.3. The Kier molecular flexibility index (Phi) is 7.26. The summed E-state index contributed by atoms with van der Waals surface area (Å²) in [6.07, 6.45) is 5.02. The van der Waals surface area contributed by atoms with Crippen molar-refractivity contribution in [3.05, 3.63) is 24.3 Å². The lowest BCUT2D eigenvalue weighted by Gasteiger charge is -2.33. The average Bonchev–Trinajstić information content (AvgIpc) is 2.61. The van der Waals surface area contributed by atoms with E-state index in [1.165, 1.54) is 32.9 Å². The van der Waals surface area contributed by atoms with Crippen LogP contribution < -0.4 is 10.1 Å². The fourth-order valence-electron chi connectivity index (χ4n) is 2.96. The monoisotopic (exact) mass is 348 g/mol. The van der Waals surface area contributed by atoms with Crippen LogP contribution in [-0.4, -0.2) is 49.3 Å². The lowest BCUT2D eigenvalue weighted by molar-refractivity contribution is -0.133. The van der Waals surface area contributed by atoms with Gasteiger partial charge in [0.05, 0.1) is 6.61 Å². The third-order valence-electron chi connectivity index (χ3n) is 4.97. The van der Waals surface area contributed by atoms with Gasteiger partial charge in [-0.3, -0.25) is 4.79 Å². The van der Waals surface area contributed by atoms with Crippen LogP contribution in [-0.2, 0) is 9.53 Å². The second-order valence-corrected chi connectivity index (χ2v) is 7.28. The maximum atomic E-state index is 12.1. The van der Waals surface area contributed by atoms with Gasteiger partial charge in [0.2, 0.25) is 0 Å². The third kappa shape index (κ3) is 6.01. The van der Waals surface area contributed by atoms with Crippen LogP contribution in [0.5, 0.6) is 5.75 Å². The van der Waals surface area contributed by atoms with E-state index in [9.17, 15) is 4.79 Å². The van der Waals surface area contributed by atoms with E-state index in [-0.39, 0.29) is 5.91 Å². The largest absolute Gasteiger partial charge is 0.494 e. The summed E-state index contributed by atoms with van der Waals surface area (Å²) in [5, 5.41) is 2.85. The number of benzene rings is 1. The molecule has 0 aliphatic carbocycles. The summed E-state index contributed by atoms with van der Waals surface area (Å²) in [7, 11) is 1.53. The predicted molar refractivity (Wildman–Crippen MR) is 101 cm³/mol. The van der Waals surface area contributed by atoms with E-state index in [0.717, 1.165) is 24.4 Å². The first-order valence-corrected chi connectivity index (χ1v) is 9.26. The minimum absolute atomic E-state index is 0.167. The topological polar surface area (TPSA) is 50.8 Å². The van der Waals surface area contributed by atoms with Crippen LogP contribution in [0.15, 0.2) is 24.3 Å². The van der Waals surface area contributed by atoms with Crippen molar-refractivity contribution in [1.29, 1.82) is 0 Å². The minimum atomic E-state index is -0.846. The molecule has 1 N–H and O–H groups in total. The molecular weight excluding hydrogens is 316 g/mol. The van der Waals surface area contributed by atoms with Crippen molar-refractivity contribution in [3.8, 4) is 5.75 Å². The highest BCUT2D eigenvalue weighted by molar-refractivity contribution is 5.96. The SMILES string of the molecule is COC(C)(C)C(=O)Nc1ccc(OCCCN2CCCCC2C)cc1. The van der Waals surface area contributed by atoms with Crippen LogP contribution in [0, 0.1) is 0 Å². The molecule has 1 heterocycles. The van der Waals surface area contributed by atoms with Gasteiger partial charge >= 0.3 is 0 Å². The predicted octanol–water partition coefficient (Wildman–Crippen LogP) is 3.69. The summed E-state index contributed by atoms with van der Waals surface area (Å²) in [6.45, 7) is 8.82. The molecule has 1 amide bonds. The van der Waals surface area contributed by atoms with Crippen molar-refractivity contribution < 1.29 is 14.3 Å². The third-order valence-corrected chi connectivity index (χ3v) is 4.97. The Bertz CT molecular complexity index is 542.